The summed E-state index contributed by atoms with van der Waals surface area (Å²) in [5.74, 6) is -31.5. The Hall–Kier alpha value is 0.110. The molecule has 0 amide bonds. The third-order valence-corrected chi connectivity index (χ3v) is 3.18. The normalized spacial score (nSPS) is 15.5. The maximum atomic E-state index is 13.0. The Balaban J connectivity index is -0.00000288. The maximum absolute atomic E-state index is 13.0. The van der Waals surface area contributed by atoms with Crippen LogP contribution in [0.2, 0.25) is 0 Å². The van der Waals surface area contributed by atoms with Crippen LogP contribution in [0.5, 0.6) is 0 Å². The van der Waals surface area contributed by atoms with E-state index in [4.69, 9.17) is 0 Å². The molecule has 0 aromatic rings. The first kappa shape index (κ1) is 28.3. The fourth-order valence-electron chi connectivity index (χ4n) is 1.04. The van der Waals surface area contributed by atoms with Gasteiger partial charge in [0, 0.05) is 4.57 Å². The fourth-order valence-corrected chi connectivity index (χ4v) is 1.60. The van der Waals surface area contributed by atoms with E-state index in [1.807, 2.05) is 0 Å². The maximum Gasteiger partial charge on any atom is 1.00 e. The Morgan fingerprint density at radius 1 is 0.731 bits per heavy atom. The van der Waals surface area contributed by atoms with Gasteiger partial charge < -0.3 is 1.43 Å². The van der Waals surface area contributed by atoms with Crippen LogP contribution in [0.25, 0.3) is 0 Å². The zero-order chi connectivity index (χ0) is 20.7. The molecule has 0 aromatic heterocycles. The quantitative estimate of drug-likeness (QED) is 0.324. The van der Waals surface area contributed by atoms with Crippen LogP contribution in [0, 0.1) is 0 Å². The van der Waals surface area contributed by atoms with Crippen molar-refractivity contribution in [1.29, 1.82) is 0 Å². The van der Waals surface area contributed by atoms with Crippen LogP contribution in [0.4, 0.5) is 57.1 Å². The molecule has 3 nitrogen and oxygen atoms in total. The number of halogens is 13. The van der Waals surface area contributed by atoms with Crippen LogP contribution >= 0.6 is 8.25 Å². The molecule has 0 aromatic carbocycles. The van der Waals surface area contributed by atoms with Crippen molar-refractivity contribution in [1.82, 2.24) is 0 Å². The Morgan fingerprint density at radius 2 is 1.08 bits per heavy atom. The molecule has 0 N–H and O–H groups in total. The molecule has 18 heteroatoms. The molecule has 0 aliphatic rings. The molecular weight excluding hydrogens is 445 g/mol. The van der Waals surface area contributed by atoms with Gasteiger partial charge in [0.1, 0.15) is 6.61 Å². The topological polar surface area (TPSA) is 35.5 Å². The molecule has 0 aliphatic carbocycles. The van der Waals surface area contributed by atoms with Gasteiger partial charge in [-0.15, -0.1) is 4.52 Å². The summed E-state index contributed by atoms with van der Waals surface area (Å²) in [6.07, 6.45) is -14.4. The van der Waals surface area contributed by atoms with Gasteiger partial charge in [0.05, 0.1) is 0 Å². The van der Waals surface area contributed by atoms with Crippen molar-refractivity contribution in [2.45, 2.75) is 42.9 Å². The zero-order valence-electron chi connectivity index (χ0n) is 13.3. The number of rotatable bonds is 8. The average molecular weight is 451 g/mol. The molecule has 1 unspecified atom stereocenters. The minimum absolute atomic E-state index is 0. The molecule has 152 valence electrons. The van der Waals surface area contributed by atoms with Gasteiger partial charge in [-0.3, -0.25) is 0 Å². The van der Waals surface area contributed by atoms with Gasteiger partial charge in [-0.2, -0.15) is 57.1 Å². The first-order valence-corrected chi connectivity index (χ1v) is 6.55. The Morgan fingerprint density at radius 3 is 1.38 bits per heavy atom. The van der Waals surface area contributed by atoms with Crippen LogP contribution in [0.1, 0.15) is 8.35 Å². The number of hydrogen-bond donors (Lipinski definition) is 0. The van der Waals surface area contributed by atoms with Gasteiger partial charge in [-0.25, -0.2) is 0 Å². The summed E-state index contributed by atoms with van der Waals surface area (Å²) in [4.78, 5) is 0. The molecule has 0 saturated heterocycles. The van der Waals surface area contributed by atoms with Crippen molar-refractivity contribution in [3.63, 3.8) is 0 Å². The summed E-state index contributed by atoms with van der Waals surface area (Å²) >= 11 is 0. The largest absolute Gasteiger partial charge is 1.00 e. The van der Waals surface area contributed by atoms with E-state index in [1.54, 1.807) is 0 Å². The first-order valence-electron chi connectivity index (χ1n) is 5.45. The van der Waals surface area contributed by atoms with Gasteiger partial charge in [0.25, 0.3) is 0 Å². The van der Waals surface area contributed by atoms with E-state index in [2.05, 4.69) is 9.05 Å². The van der Waals surface area contributed by atoms with E-state index < -0.39 is 50.8 Å². The third-order valence-electron chi connectivity index (χ3n) is 2.33. The van der Waals surface area contributed by atoms with E-state index in [9.17, 15) is 61.6 Å². The molecule has 0 rings (SSSR count). The predicted molar refractivity (Wildman–Crippen MR) is 52.2 cm³/mol. The van der Waals surface area contributed by atoms with Gasteiger partial charge in [0.2, 0.25) is 0 Å². The van der Waals surface area contributed by atoms with Gasteiger partial charge in [-0.05, 0) is 11.4 Å². The minimum atomic E-state index is -8.04. The van der Waals surface area contributed by atoms with E-state index in [0.29, 0.717) is 0 Å². The van der Waals surface area contributed by atoms with Crippen molar-refractivity contribution in [2.75, 3.05) is 6.61 Å². The van der Waals surface area contributed by atoms with Gasteiger partial charge in [-0.1, -0.05) is 0 Å². The van der Waals surface area contributed by atoms with Crippen LogP contribution < -0.4 is 29.6 Å². The molecule has 0 saturated carbocycles. The molecule has 0 heterocycles. The summed E-state index contributed by atoms with van der Waals surface area (Å²) in [7, 11) is -4.33. The van der Waals surface area contributed by atoms with E-state index in [-0.39, 0.29) is 31.0 Å². The summed E-state index contributed by atoms with van der Waals surface area (Å²) in [6, 6.07) is 0. The number of alkyl halides is 13. The summed E-state index contributed by atoms with van der Waals surface area (Å²) in [5, 5.41) is 0. The second-order valence-electron chi connectivity index (χ2n) is 4.04. The van der Waals surface area contributed by atoms with Crippen molar-refractivity contribution in [3.05, 3.63) is 0 Å². The van der Waals surface area contributed by atoms with Gasteiger partial charge in [0.15, 0.2) is 0 Å². The van der Waals surface area contributed by atoms with Crippen LogP contribution in [-0.2, 0) is 13.6 Å². The molecule has 0 fully saturated rings. The summed E-state index contributed by atoms with van der Waals surface area (Å²) in [5.41, 5.74) is 0. The van der Waals surface area contributed by atoms with Crippen molar-refractivity contribution < 1.29 is 102 Å². The molecule has 0 aliphatic heterocycles. The molecule has 0 spiro atoms. The molecular formula is C8H6F13NaO3P+. The second kappa shape index (κ2) is 8.23. The minimum Gasteiger partial charge on any atom is -1.00 e. The molecule has 26 heavy (non-hydrogen) atoms. The standard InChI is InChI=1S/C8H5F13O3P.Na.H/c1-2-23-25(22)24-8(20,21)6(15,16)4(11,12)3(9,10)5(13,14)7(17,18)19;;/h2H2,1H3;;/q2*+1;-1. The Kier molecular flexibility index (Phi) is 8.97. The smallest absolute Gasteiger partial charge is 1.00 e. The second-order valence-corrected chi connectivity index (χ2v) is 4.93. The zero-order valence-corrected chi connectivity index (χ0v) is 15.2. The predicted octanol–water partition coefficient (Wildman–Crippen LogP) is 2.51. The van der Waals surface area contributed by atoms with Crippen LogP contribution in [0.15, 0.2) is 0 Å². The molecule has 0 bridgehead atoms. The summed E-state index contributed by atoms with van der Waals surface area (Å²) in [6.45, 7) is 0.106. The van der Waals surface area contributed by atoms with Crippen molar-refractivity contribution in [3.8, 4) is 0 Å². The monoisotopic (exact) mass is 451 g/mol. The van der Waals surface area contributed by atoms with E-state index in [0.717, 1.165) is 6.92 Å². The van der Waals surface area contributed by atoms with Crippen LogP contribution in [0.3, 0.4) is 0 Å². The SMILES string of the molecule is CCO[P+](=O)OC(F)(F)C(F)(F)C(F)(F)C(F)(F)C(F)(F)C(F)(F)F.[H-].[Na+]. The Bertz CT molecular complexity index is 512. The van der Waals surface area contributed by atoms with Crippen molar-refractivity contribution >= 4 is 8.25 Å². The average Bonchev–Trinajstić information content (AvgIpc) is 2.35. The third kappa shape index (κ3) is 4.57. The van der Waals surface area contributed by atoms with E-state index >= 15 is 0 Å². The van der Waals surface area contributed by atoms with Crippen LogP contribution in [-0.4, -0.2) is 42.6 Å². The molecule has 1 atom stereocenters. The van der Waals surface area contributed by atoms with Gasteiger partial charge >= 0.3 is 73.8 Å². The summed E-state index contributed by atoms with van der Waals surface area (Å²) < 4.78 is 180. The van der Waals surface area contributed by atoms with E-state index in [1.165, 1.54) is 0 Å². The molecule has 0 radical (unpaired) electrons. The van der Waals surface area contributed by atoms with Crippen molar-refractivity contribution in [2.24, 2.45) is 0 Å². The fraction of sp³-hybridized carbons (Fsp3) is 1.00. The number of hydrogen-bond acceptors (Lipinski definition) is 3. The first-order chi connectivity index (χ1) is 10.7. The Labute approximate surface area is 159 Å².